The van der Waals surface area contributed by atoms with Crippen molar-refractivity contribution in [3.8, 4) is 0 Å². The topological polar surface area (TPSA) is 73.2 Å². The molecule has 0 saturated carbocycles. The highest BCUT2D eigenvalue weighted by Crippen LogP contribution is 2.20. The van der Waals surface area contributed by atoms with E-state index >= 15 is 0 Å². The van der Waals surface area contributed by atoms with E-state index < -0.39 is 0 Å². The van der Waals surface area contributed by atoms with Gasteiger partial charge in [-0.1, -0.05) is 42.1 Å². The van der Waals surface area contributed by atoms with Crippen LogP contribution in [-0.2, 0) is 16.1 Å². The first-order chi connectivity index (χ1) is 14.9. The number of aromatic nitrogens is 2. The number of methoxy groups -OCH3 is 1. The Morgan fingerprint density at radius 2 is 1.97 bits per heavy atom. The second-order valence-corrected chi connectivity index (χ2v) is 8.58. The van der Waals surface area contributed by atoms with Crippen LogP contribution in [0.25, 0.3) is 10.9 Å². The van der Waals surface area contributed by atoms with Crippen molar-refractivity contribution in [1.29, 1.82) is 0 Å². The van der Waals surface area contributed by atoms with Crippen LogP contribution in [0.4, 0.5) is 0 Å². The quantitative estimate of drug-likeness (QED) is 0.310. The van der Waals surface area contributed by atoms with E-state index in [0.717, 1.165) is 5.56 Å². The van der Waals surface area contributed by atoms with Gasteiger partial charge in [-0.05, 0) is 56.0 Å². The summed E-state index contributed by atoms with van der Waals surface area (Å²) in [7, 11) is 1.64. The average molecular weight is 440 g/mol. The largest absolute Gasteiger partial charge is 0.385 e. The summed E-state index contributed by atoms with van der Waals surface area (Å²) < 4.78 is 6.77. The lowest BCUT2D eigenvalue weighted by Gasteiger charge is -2.16. The first kappa shape index (κ1) is 23.0. The number of ether oxygens (including phenoxy) is 1. The average Bonchev–Trinajstić information content (AvgIpc) is 2.76. The fourth-order valence-electron chi connectivity index (χ4n) is 3.35. The third-order valence-corrected chi connectivity index (χ3v) is 6.27. The normalized spacial score (nSPS) is 12.1. The Balaban J connectivity index is 1.74. The predicted octanol–water partition coefficient (Wildman–Crippen LogP) is 4.02. The minimum Gasteiger partial charge on any atom is -0.385 e. The molecule has 1 heterocycles. The molecule has 1 atom stereocenters. The molecule has 0 spiro atoms. The first-order valence-electron chi connectivity index (χ1n) is 10.4. The third kappa shape index (κ3) is 5.74. The zero-order valence-electron chi connectivity index (χ0n) is 18.5. The van der Waals surface area contributed by atoms with Gasteiger partial charge in [-0.15, -0.1) is 0 Å². The zero-order chi connectivity index (χ0) is 22.4. The third-order valence-electron chi connectivity index (χ3n) is 5.30. The molecule has 2 aromatic carbocycles. The highest BCUT2D eigenvalue weighted by Gasteiger charge is 2.15. The van der Waals surface area contributed by atoms with Crippen LogP contribution in [0.3, 0.4) is 0 Å². The van der Waals surface area contributed by atoms with E-state index in [1.807, 2.05) is 31.2 Å². The van der Waals surface area contributed by atoms with Gasteiger partial charge in [-0.2, -0.15) is 0 Å². The number of benzene rings is 2. The maximum atomic E-state index is 13.0. The molecule has 0 aliphatic heterocycles. The van der Waals surface area contributed by atoms with Gasteiger partial charge in [0.15, 0.2) is 5.16 Å². The van der Waals surface area contributed by atoms with Crippen LogP contribution in [-0.4, -0.2) is 34.9 Å². The van der Waals surface area contributed by atoms with Crippen LogP contribution in [0, 0.1) is 13.8 Å². The molecule has 0 bridgehead atoms. The Bertz CT molecular complexity index is 1130. The molecule has 3 aromatic rings. The van der Waals surface area contributed by atoms with Crippen molar-refractivity contribution in [3.05, 3.63) is 69.5 Å². The van der Waals surface area contributed by atoms with E-state index in [-0.39, 0.29) is 23.3 Å². The van der Waals surface area contributed by atoms with Gasteiger partial charge in [0.25, 0.3) is 5.56 Å². The molecular formula is C24H29N3O3S. The number of para-hydroxylation sites is 1. The molecule has 0 aliphatic rings. The van der Waals surface area contributed by atoms with Crippen molar-refractivity contribution >= 4 is 28.6 Å². The summed E-state index contributed by atoms with van der Waals surface area (Å²) in [6.45, 7) is 7.16. The molecule has 0 radical (unpaired) electrons. The highest BCUT2D eigenvalue weighted by atomic mass is 32.2. The summed E-state index contributed by atoms with van der Waals surface area (Å²) >= 11 is 1.28. The summed E-state index contributed by atoms with van der Waals surface area (Å²) in [5, 5.41) is 4.17. The molecule has 164 valence electrons. The molecular weight excluding hydrogens is 410 g/mol. The lowest BCUT2D eigenvalue weighted by molar-refractivity contribution is -0.119. The van der Waals surface area contributed by atoms with Crippen molar-refractivity contribution in [2.75, 3.05) is 19.5 Å². The molecule has 0 unspecified atom stereocenters. The van der Waals surface area contributed by atoms with Crippen molar-refractivity contribution < 1.29 is 9.53 Å². The molecule has 0 saturated heterocycles. The van der Waals surface area contributed by atoms with Gasteiger partial charge in [0.05, 0.1) is 22.7 Å². The van der Waals surface area contributed by atoms with Crippen molar-refractivity contribution in [2.45, 2.75) is 44.9 Å². The zero-order valence-corrected chi connectivity index (χ0v) is 19.3. The first-order valence-corrected chi connectivity index (χ1v) is 11.4. The monoisotopic (exact) mass is 439 g/mol. The highest BCUT2D eigenvalue weighted by molar-refractivity contribution is 7.99. The second-order valence-electron chi connectivity index (χ2n) is 7.64. The van der Waals surface area contributed by atoms with Crippen LogP contribution in [0.15, 0.2) is 52.4 Å². The molecule has 0 aliphatic carbocycles. The van der Waals surface area contributed by atoms with Crippen molar-refractivity contribution in [2.24, 2.45) is 0 Å². The summed E-state index contributed by atoms with van der Waals surface area (Å²) in [5.74, 6) is 0.0890. The van der Waals surface area contributed by atoms with Crippen LogP contribution < -0.4 is 10.9 Å². The minimum atomic E-state index is -0.0964. The van der Waals surface area contributed by atoms with E-state index in [1.165, 1.54) is 22.9 Å². The number of hydrogen-bond donors (Lipinski definition) is 1. The van der Waals surface area contributed by atoms with E-state index in [4.69, 9.17) is 4.74 Å². The van der Waals surface area contributed by atoms with Crippen LogP contribution >= 0.6 is 11.8 Å². The number of aryl methyl sites for hydroxylation is 2. The number of carbonyl (C=O) groups is 1. The molecule has 7 heteroatoms. The summed E-state index contributed by atoms with van der Waals surface area (Å²) in [5.41, 5.74) is 4.05. The Hall–Kier alpha value is -2.64. The van der Waals surface area contributed by atoms with E-state index in [9.17, 15) is 9.59 Å². The Kier molecular flexibility index (Phi) is 7.87. The Labute approximate surface area is 187 Å². The number of fused-ring (bicyclic) bond motifs is 1. The fourth-order valence-corrected chi connectivity index (χ4v) is 4.19. The Morgan fingerprint density at radius 3 is 2.71 bits per heavy atom. The molecule has 3 rings (SSSR count). The van der Waals surface area contributed by atoms with Gasteiger partial charge in [0.2, 0.25) is 5.91 Å². The summed E-state index contributed by atoms with van der Waals surface area (Å²) in [4.78, 5) is 30.2. The van der Waals surface area contributed by atoms with E-state index in [0.29, 0.717) is 35.6 Å². The predicted molar refractivity (Wildman–Crippen MR) is 126 cm³/mol. The standard InChI is InChI=1S/C24H29N3O3S/c1-16-10-11-19(14-17(16)2)18(3)25-22(28)15-31-24-26-21-9-6-5-8-20(21)23(29)27(24)12-7-13-30-4/h5-6,8-11,14,18H,7,12-13,15H2,1-4H3,(H,25,28)/t18-/m0/s1. The number of thioether (sulfide) groups is 1. The number of rotatable bonds is 9. The van der Waals surface area contributed by atoms with Gasteiger partial charge in [-0.25, -0.2) is 4.98 Å². The molecule has 1 amide bonds. The molecule has 0 fully saturated rings. The molecule has 1 N–H and O–H groups in total. The Morgan fingerprint density at radius 1 is 1.19 bits per heavy atom. The summed E-state index contributed by atoms with van der Waals surface area (Å²) in [6.07, 6.45) is 0.694. The molecule has 31 heavy (non-hydrogen) atoms. The van der Waals surface area contributed by atoms with Crippen LogP contribution in [0.2, 0.25) is 0 Å². The van der Waals surface area contributed by atoms with Gasteiger partial charge >= 0.3 is 0 Å². The smallest absolute Gasteiger partial charge is 0.262 e. The molecule has 6 nitrogen and oxygen atoms in total. The number of nitrogens with one attached hydrogen (secondary N) is 1. The van der Waals surface area contributed by atoms with Crippen molar-refractivity contribution in [1.82, 2.24) is 14.9 Å². The number of nitrogens with zero attached hydrogens (tertiary/aromatic N) is 2. The van der Waals surface area contributed by atoms with Crippen LogP contribution in [0.1, 0.15) is 36.1 Å². The van der Waals surface area contributed by atoms with Gasteiger partial charge in [0.1, 0.15) is 0 Å². The second kappa shape index (κ2) is 10.6. The van der Waals surface area contributed by atoms with Crippen molar-refractivity contribution in [3.63, 3.8) is 0 Å². The minimum absolute atomic E-state index is 0.0897. The number of hydrogen-bond acceptors (Lipinski definition) is 5. The SMILES string of the molecule is COCCCn1c(SCC(=O)N[C@@H](C)c2ccc(C)c(C)c2)nc2ccccc2c1=O. The van der Waals surface area contributed by atoms with Gasteiger partial charge in [0, 0.05) is 20.3 Å². The lowest BCUT2D eigenvalue weighted by atomic mass is 10.0. The fraction of sp³-hybridized carbons (Fsp3) is 0.375. The van der Waals surface area contributed by atoms with Crippen LogP contribution in [0.5, 0.6) is 0 Å². The number of amides is 1. The van der Waals surface area contributed by atoms with E-state index in [2.05, 4.69) is 36.3 Å². The lowest BCUT2D eigenvalue weighted by Crippen LogP contribution is -2.29. The molecule has 1 aromatic heterocycles. The summed E-state index contributed by atoms with van der Waals surface area (Å²) in [6, 6.07) is 13.4. The maximum absolute atomic E-state index is 13.0. The van der Waals surface area contributed by atoms with Gasteiger partial charge in [-0.3, -0.25) is 14.2 Å². The van der Waals surface area contributed by atoms with Gasteiger partial charge < -0.3 is 10.1 Å². The van der Waals surface area contributed by atoms with E-state index in [1.54, 1.807) is 17.7 Å². The number of carbonyl (C=O) groups excluding carboxylic acids is 1. The maximum Gasteiger partial charge on any atom is 0.262 e.